The minimum absolute atomic E-state index is 0.426. The first-order chi connectivity index (χ1) is 6.79. The lowest BCUT2D eigenvalue weighted by molar-refractivity contribution is 0.849. The maximum Gasteiger partial charge on any atom is 0.142 e. The summed E-state index contributed by atoms with van der Waals surface area (Å²) in [6, 6.07) is 0. The summed E-state index contributed by atoms with van der Waals surface area (Å²) in [7, 11) is 0. The number of hydrogen-bond donors (Lipinski definition) is 0. The highest BCUT2D eigenvalue weighted by molar-refractivity contribution is 7.13. The maximum absolute atomic E-state index is 4.28. The number of nitrogens with zero attached hydrogens (tertiary/aromatic N) is 3. The van der Waals surface area contributed by atoms with Crippen molar-refractivity contribution in [2.24, 2.45) is 0 Å². The van der Waals surface area contributed by atoms with Gasteiger partial charge in [0.05, 0.1) is 0 Å². The molecule has 0 bridgehead atoms. The second kappa shape index (κ2) is 3.84. The molecule has 14 heavy (non-hydrogen) atoms. The normalized spacial score (nSPS) is 10.8. The van der Waals surface area contributed by atoms with Crippen molar-refractivity contribution in [2.75, 3.05) is 0 Å². The van der Waals surface area contributed by atoms with Gasteiger partial charge in [-0.3, -0.25) is 0 Å². The van der Waals surface area contributed by atoms with E-state index in [0.29, 0.717) is 5.92 Å². The molecule has 0 unspecified atom stereocenters. The zero-order valence-electron chi connectivity index (χ0n) is 8.14. The van der Waals surface area contributed by atoms with E-state index in [1.165, 1.54) is 0 Å². The van der Waals surface area contributed by atoms with E-state index in [2.05, 4.69) is 28.8 Å². The van der Waals surface area contributed by atoms with Gasteiger partial charge in [-0.1, -0.05) is 13.8 Å². The lowest BCUT2D eigenvalue weighted by Gasteiger charge is -2.07. The molecule has 4 heteroatoms. The van der Waals surface area contributed by atoms with Crippen molar-refractivity contribution >= 4 is 11.3 Å². The van der Waals surface area contributed by atoms with E-state index >= 15 is 0 Å². The Labute approximate surface area is 86.9 Å². The van der Waals surface area contributed by atoms with Crippen molar-refractivity contribution in [2.45, 2.75) is 19.8 Å². The SMILES string of the molecule is CC(C)c1cncnc1-c1nccs1. The molecule has 72 valence electrons. The summed E-state index contributed by atoms with van der Waals surface area (Å²) in [6.45, 7) is 4.27. The van der Waals surface area contributed by atoms with Crippen molar-refractivity contribution in [3.63, 3.8) is 0 Å². The molecule has 2 aromatic rings. The minimum atomic E-state index is 0.426. The molecule has 0 aromatic carbocycles. The van der Waals surface area contributed by atoms with Crippen LogP contribution in [0.1, 0.15) is 25.3 Å². The van der Waals surface area contributed by atoms with E-state index in [1.807, 2.05) is 11.6 Å². The van der Waals surface area contributed by atoms with Gasteiger partial charge in [0.1, 0.15) is 17.0 Å². The number of aromatic nitrogens is 3. The number of thiazole rings is 1. The average Bonchev–Trinajstić information content (AvgIpc) is 2.70. The summed E-state index contributed by atoms with van der Waals surface area (Å²) in [5.74, 6) is 0.426. The summed E-state index contributed by atoms with van der Waals surface area (Å²) < 4.78 is 0. The largest absolute Gasteiger partial charge is 0.244 e. The van der Waals surface area contributed by atoms with Gasteiger partial charge in [-0.25, -0.2) is 15.0 Å². The van der Waals surface area contributed by atoms with Gasteiger partial charge in [0.15, 0.2) is 0 Å². The first kappa shape index (κ1) is 9.27. The van der Waals surface area contributed by atoms with Crippen LogP contribution in [0.5, 0.6) is 0 Å². The van der Waals surface area contributed by atoms with E-state index in [1.54, 1.807) is 23.9 Å². The summed E-state index contributed by atoms with van der Waals surface area (Å²) in [5, 5.41) is 2.93. The molecule has 0 atom stereocenters. The van der Waals surface area contributed by atoms with Crippen molar-refractivity contribution < 1.29 is 0 Å². The molecule has 0 spiro atoms. The van der Waals surface area contributed by atoms with E-state index in [0.717, 1.165) is 16.3 Å². The van der Waals surface area contributed by atoms with Gasteiger partial charge in [0.2, 0.25) is 0 Å². The molecule has 0 saturated heterocycles. The predicted octanol–water partition coefficient (Wildman–Crippen LogP) is 2.72. The van der Waals surface area contributed by atoms with Crippen LogP contribution < -0.4 is 0 Å². The topological polar surface area (TPSA) is 38.7 Å². The Morgan fingerprint density at radius 1 is 1.29 bits per heavy atom. The summed E-state index contributed by atoms with van der Waals surface area (Å²) >= 11 is 1.61. The van der Waals surface area contributed by atoms with Crippen LogP contribution in [0.3, 0.4) is 0 Å². The van der Waals surface area contributed by atoms with Gasteiger partial charge in [-0.15, -0.1) is 11.3 Å². The van der Waals surface area contributed by atoms with Crippen LogP contribution in [0.15, 0.2) is 24.1 Å². The molecule has 0 radical (unpaired) electrons. The molecular formula is C10H11N3S. The highest BCUT2D eigenvalue weighted by atomic mass is 32.1. The van der Waals surface area contributed by atoms with Crippen molar-refractivity contribution in [3.05, 3.63) is 29.7 Å². The van der Waals surface area contributed by atoms with Crippen molar-refractivity contribution in [3.8, 4) is 10.7 Å². The fourth-order valence-corrected chi connectivity index (χ4v) is 1.94. The fraction of sp³-hybridized carbons (Fsp3) is 0.300. The zero-order chi connectivity index (χ0) is 9.97. The first-order valence-corrected chi connectivity index (χ1v) is 5.36. The molecule has 0 fully saturated rings. The Balaban J connectivity index is 2.53. The van der Waals surface area contributed by atoms with E-state index in [-0.39, 0.29) is 0 Å². The van der Waals surface area contributed by atoms with Gasteiger partial charge < -0.3 is 0 Å². The zero-order valence-corrected chi connectivity index (χ0v) is 8.95. The molecule has 3 nitrogen and oxygen atoms in total. The molecule has 0 N–H and O–H groups in total. The third-order valence-electron chi connectivity index (χ3n) is 2.00. The molecule has 0 amide bonds. The van der Waals surface area contributed by atoms with Crippen LogP contribution in [0, 0.1) is 0 Å². The molecular weight excluding hydrogens is 194 g/mol. The monoisotopic (exact) mass is 205 g/mol. The molecule has 0 aliphatic carbocycles. The second-order valence-corrected chi connectivity index (χ2v) is 4.21. The van der Waals surface area contributed by atoms with Gasteiger partial charge >= 0.3 is 0 Å². The van der Waals surface area contributed by atoms with E-state index < -0.39 is 0 Å². The number of hydrogen-bond acceptors (Lipinski definition) is 4. The molecule has 2 heterocycles. The smallest absolute Gasteiger partial charge is 0.142 e. The van der Waals surface area contributed by atoms with Gasteiger partial charge in [-0.05, 0) is 5.92 Å². The number of rotatable bonds is 2. The third kappa shape index (κ3) is 1.65. The highest BCUT2D eigenvalue weighted by Gasteiger charge is 2.11. The maximum atomic E-state index is 4.28. The Kier molecular flexibility index (Phi) is 2.54. The van der Waals surface area contributed by atoms with Crippen LogP contribution in [0.2, 0.25) is 0 Å². The predicted molar refractivity (Wildman–Crippen MR) is 57.2 cm³/mol. The Bertz CT molecular complexity index is 409. The summed E-state index contributed by atoms with van der Waals surface area (Å²) in [4.78, 5) is 12.6. The van der Waals surface area contributed by atoms with Crippen LogP contribution in [0.25, 0.3) is 10.7 Å². The second-order valence-electron chi connectivity index (χ2n) is 3.32. The highest BCUT2D eigenvalue weighted by Crippen LogP contribution is 2.27. The van der Waals surface area contributed by atoms with Crippen LogP contribution in [-0.2, 0) is 0 Å². The Morgan fingerprint density at radius 2 is 2.14 bits per heavy atom. The van der Waals surface area contributed by atoms with Crippen LogP contribution >= 0.6 is 11.3 Å². The third-order valence-corrected chi connectivity index (χ3v) is 2.78. The lowest BCUT2D eigenvalue weighted by atomic mass is 10.0. The van der Waals surface area contributed by atoms with Crippen LogP contribution in [-0.4, -0.2) is 15.0 Å². The summed E-state index contributed by atoms with van der Waals surface area (Å²) in [6.07, 6.45) is 5.24. The van der Waals surface area contributed by atoms with E-state index in [9.17, 15) is 0 Å². The van der Waals surface area contributed by atoms with Crippen molar-refractivity contribution in [1.29, 1.82) is 0 Å². The Hall–Kier alpha value is -1.29. The van der Waals surface area contributed by atoms with Gasteiger partial charge in [0, 0.05) is 23.3 Å². The molecule has 2 aromatic heterocycles. The quantitative estimate of drug-likeness (QED) is 0.756. The minimum Gasteiger partial charge on any atom is -0.244 e. The van der Waals surface area contributed by atoms with Gasteiger partial charge in [0.25, 0.3) is 0 Å². The molecule has 0 aliphatic heterocycles. The molecule has 0 saturated carbocycles. The van der Waals surface area contributed by atoms with E-state index in [4.69, 9.17) is 0 Å². The summed E-state index contributed by atoms with van der Waals surface area (Å²) in [5.41, 5.74) is 2.12. The molecule has 2 rings (SSSR count). The van der Waals surface area contributed by atoms with Gasteiger partial charge in [-0.2, -0.15) is 0 Å². The average molecular weight is 205 g/mol. The Morgan fingerprint density at radius 3 is 2.79 bits per heavy atom. The fourth-order valence-electron chi connectivity index (χ4n) is 1.28. The molecule has 0 aliphatic rings. The lowest BCUT2D eigenvalue weighted by Crippen LogP contribution is -1.96. The first-order valence-electron chi connectivity index (χ1n) is 4.49. The van der Waals surface area contributed by atoms with Crippen LogP contribution in [0.4, 0.5) is 0 Å². The van der Waals surface area contributed by atoms with Crippen molar-refractivity contribution in [1.82, 2.24) is 15.0 Å². The standard InChI is InChI=1S/C10H11N3S/c1-7(2)8-5-11-6-13-9(8)10-12-3-4-14-10/h3-7H,1-2H3.